The fourth-order valence-electron chi connectivity index (χ4n) is 2.10. The minimum atomic E-state index is -1.19. The zero-order valence-electron chi connectivity index (χ0n) is 15.4. The monoisotopic (exact) mass is 378 g/mol. The highest BCUT2D eigenvalue weighted by Crippen LogP contribution is 2.20. The largest absolute Gasteiger partial charge is 0.511 e. The molecule has 1 N–H and O–H groups in total. The van der Waals surface area contributed by atoms with Crippen molar-refractivity contribution in [2.24, 2.45) is 5.92 Å². The van der Waals surface area contributed by atoms with Crippen LogP contribution in [0.25, 0.3) is 0 Å². The molecule has 0 heterocycles. The highest BCUT2D eigenvalue weighted by Gasteiger charge is 2.31. The molecule has 150 valence electrons. The molecule has 3 atom stereocenters. The average Bonchev–Trinajstić information content (AvgIpc) is 2.56. The van der Waals surface area contributed by atoms with Gasteiger partial charge in [0.15, 0.2) is 0 Å². The Labute approximate surface area is 151 Å². The van der Waals surface area contributed by atoms with Gasteiger partial charge in [0, 0.05) is 13.3 Å². The first kappa shape index (κ1) is 23.5. The maximum atomic E-state index is 12.3. The summed E-state index contributed by atoms with van der Waals surface area (Å²) in [6.07, 6.45) is -2.09. The smallest absolute Gasteiger partial charge is 0.481 e. The number of rotatable bonds is 11. The van der Waals surface area contributed by atoms with Crippen LogP contribution >= 0.6 is 0 Å². The molecule has 0 spiro atoms. The fraction of sp³-hybridized carbons (Fsp3) is 0.750. The highest BCUT2D eigenvalue weighted by molar-refractivity contribution is 5.74. The molecule has 0 aliphatic heterocycles. The third-order valence-corrected chi connectivity index (χ3v) is 3.43. The molecular formula is C16H26O10. The normalized spacial score (nSPS) is 13.7. The van der Waals surface area contributed by atoms with Gasteiger partial charge in [0.1, 0.15) is 6.10 Å². The minimum absolute atomic E-state index is 0.0351. The van der Waals surface area contributed by atoms with Crippen molar-refractivity contribution in [1.29, 1.82) is 0 Å². The molecule has 0 aliphatic carbocycles. The van der Waals surface area contributed by atoms with Gasteiger partial charge in [0.05, 0.1) is 20.1 Å². The van der Waals surface area contributed by atoms with Gasteiger partial charge in [-0.05, 0) is 19.8 Å². The van der Waals surface area contributed by atoms with Gasteiger partial charge >= 0.3 is 24.2 Å². The molecule has 0 aromatic rings. The van der Waals surface area contributed by atoms with Gasteiger partial charge in [-0.25, -0.2) is 9.59 Å². The van der Waals surface area contributed by atoms with Crippen molar-refractivity contribution in [3.05, 3.63) is 0 Å². The van der Waals surface area contributed by atoms with Crippen LogP contribution < -0.4 is 0 Å². The second kappa shape index (κ2) is 12.8. The summed E-state index contributed by atoms with van der Waals surface area (Å²) in [5.74, 6) is -2.45. The number of methoxy groups -OCH3 is 2. The summed E-state index contributed by atoms with van der Waals surface area (Å²) in [5, 5.41) is 8.62. The molecule has 0 rings (SSSR count). The number of carbonyl (C=O) groups excluding carboxylic acids is 3. The van der Waals surface area contributed by atoms with Crippen LogP contribution in [0.1, 0.15) is 46.0 Å². The quantitative estimate of drug-likeness (QED) is 0.247. The van der Waals surface area contributed by atoms with Crippen LogP contribution in [0.2, 0.25) is 0 Å². The predicted molar refractivity (Wildman–Crippen MR) is 86.2 cm³/mol. The molecule has 10 nitrogen and oxygen atoms in total. The van der Waals surface area contributed by atoms with E-state index in [-0.39, 0.29) is 6.42 Å². The molecule has 3 unspecified atom stereocenters. The first-order chi connectivity index (χ1) is 12.2. The summed E-state index contributed by atoms with van der Waals surface area (Å²) in [6, 6.07) is 0. The van der Waals surface area contributed by atoms with Crippen LogP contribution in [0.5, 0.6) is 0 Å². The molecule has 0 fully saturated rings. The summed E-state index contributed by atoms with van der Waals surface area (Å²) in [4.78, 5) is 45.1. The number of unbranched alkanes of at least 4 members (excludes halogenated alkanes) is 2. The summed E-state index contributed by atoms with van der Waals surface area (Å²) in [7, 11) is 2.25. The Bertz CT molecular complexity index is 476. The topological polar surface area (TPSA) is 135 Å². The minimum Gasteiger partial charge on any atom is -0.481 e. The van der Waals surface area contributed by atoms with Crippen molar-refractivity contribution in [1.82, 2.24) is 0 Å². The van der Waals surface area contributed by atoms with Crippen molar-refractivity contribution in [3.8, 4) is 0 Å². The van der Waals surface area contributed by atoms with E-state index < -0.39 is 42.6 Å². The molecule has 0 aromatic heterocycles. The van der Waals surface area contributed by atoms with E-state index >= 15 is 0 Å². The van der Waals surface area contributed by atoms with Crippen LogP contribution in [0.3, 0.4) is 0 Å². The Balaban J connectivity index is 4.72. The van der Waals surface area contributed by atoms with Crippen LogP contribution in [-0.4, -0.2) is 56.0 Å². The lowest BCUT2D eigenvalue weighted by molar-refractivity contribution is -0.176. The molecule has 0 saturated carbocycles. The maximum Gasteiger partial charge on any atom is 0.511 e. The number of ether oxygens (including phenoxy) is 5. The average molecular weight is 378 g/mol. The molecule has 0 saturated heterocycles. The molecule has 0 bridgehead atoms. The Morgan fingerprint density at radius 3 is 1.96 bits per heavy atom. The van der Waals surface area contributed by atoms with E-state index in [1.54, 1.807) is 0 Å². The van der Waals surface area contributed by atoms with E-state index in [2.05, 4.69) is 14.2 Å². The van der Waals surface area contributed by atoms with Crippen LogP contribution in [0.15, 0.2) is 0 Å². The van der Waals surface area contributed by atoms with Gasteiger partial charge in [-0.1, -0.05) is 12.8 Å². The third kappa shape index (κ3) is 10.4. The van der Waals surface area contributed by atoms with Crippen molar-refractivity contribution >= 4 is 24.2 Å². The Morgan fingerprint density at radius 2 is 1.42 bits per heavy atom. The lowest BCUT2D eigenvalue weighted by Crippen LogP contribution is -2.34. The van der Waals surface area contributed by atoms with Crippen molar-refractivity contribution in [2.45, 2.75) is 58.3 Å². The fourth-order valence-corrected chi connectivity index (χ4v) is 2.10. The number of aliphatic carboxylic acids is 1. The first-order valence-electron chi connectivity index (χ1n) is 8.12. The number of carboxylic acid groups (broad SMARTS) is 1. The van der Waals surface area contributed by atoms with E-state index in [1.165, 1.54) is 13.8 Å². The lowest BCUT2D eigenvalue weighted by Gasteiger charge is -2.23. The maximum absolute atomic E-state index is 12.3. The molecular weight excluding hydrogens is 352 g/mol. The third-order valence-electron chi connectivity index (χ3n) is 3.43. The predicted octanol–water partition coefficient (Wildman–Crippen LogP) is 2.48. The van der Waals surface area contributed by atoms with E-state index in [0.717, 1.165) is 14.2 Å². The molecule has 0 radical (unpaired) electrons. The van der Waals surface area contributed by atoms with Gasteiger partial charge in [-0.2, -0.15) is 0 Å². The zero-order valence-corrected chi connectivity index (χ0v) is 15.4. The van der Waals surface area contributed by atoms with Gasteiger partial charge in [-0.3, -0.25) is 9.59 Å². The number of hydrogen-bond acceptors (Lipinski definition) is 9. The van der Waals surface area contributed by atoms with Gasteiger partial charge < -0.3 is 28.8 Å². The molecule has 0 amide bonds. The summed E-state index contributed by atoms with van der Waals surface area (Å²) < 4.78 is 23.4. The summed E-state index contributed by atoms with van der Waals surface area (Å²) in [5.41, 5.74) is 0. The summed E-state index contributed by atoms with van der Waals surface area (Å²) in [6.45, 7) is 2.84. The van der Waals surface area contributed by atoms with Crippen molar-refractivity contribution in [3.63, 3.8) is 0 Å². The van der Waals surface area contributed by atoms with Crippen LogP contribution in [0.4, 0.5) is 9.59 Å². The SMILES string of the molecule is COC(=O)OC(C)OC(=O)C(CCCCCC(=O)O)C(C)OC(=O)OC. The van der Waals surface area contributed by atoms with Gasteiger partial charge in [0.25, 0.3) is 0 Å². The lowest BCUT2D eigenvalue weighted by atomic mass is 9.96. The standard InChI is InChI=1S/C16H26O10/c1-10(24-15(20)22-3)12(8-6-5-7-9-13(17)18)14(19)25-11(2)26-16(21)23-4/h10-12H,5-9H2,1-4H3,(H,17,18). The molecule has 26 heavy (non-hydrogen) atoms. The first-order valence-corrected chi connectivity index (χ1v) is 8.12. The van der Waals surface area contributed by atoms with Crippen molar-refractivity contribution in [2.75, 3.05) is 14.2 Å². The number of carboxylic acids is 1. The Morgan fingerprint density at radius 1 is 0.846 bits per heavy atom. The van der Waals surface area contributed by atoms with E-state index in [4.69, 9.17) is 14.6 Å². The molecule has 0 aliphatic rings. The second-order valence-electron chi connectivity index (χ2n) is 5.45. The van der Waals surface area contributed by atoms with Crippen molar-refractivity contribution < 1.29 is 48.0 Å². The van der Waals surface area contributed by atoms with Gasteiger partial charge in [-0.15, -0.1) is 0 Å². The molecule has 0 aromatic carbocycles. The highest BCUT2D eigenvalue weighted by atomic mass is 16.8. The number of carbonyl (C=O) groups is 4. The zero-order chi connectivity index (χ0) is 20.1. The van der Waals surface area contributed by atoms with E-state index in [0.29, 0.717) is 25.7 Å². The Kier molecular flexibility index (Phi) is 11.5. The molecule has 10 heteroatoms. The number of esters is 1. The van der Waals surface area contributed by atoms with Crippen LogP contribution in [-0.2, 0) is 33.3 Å². The van der Waals surface area contributed by atoms with E-state index in [1.807, 2.05) is 0 Å². The second-order valence-corrected chi connectivity index (χ2v) is 5.45. The van der Waals surface area contributed by atoms with Crippen LogP contribution in [0, 0.1) is 5.92 Å². The Hall–Kier alpha value is -2.52. The number of hydrogen-bond donors (Lipinski definition) is 1. The van der Waals surface area contributed by atoms with E-state index in [9.17, 15) is 19.2 Å². The van der Waals surface area contributed by atoms with Gasteiger partial charge in [0.2, 0.25) is 6.29 Å². The summed E-state index contributed by atoms with van der Waals surface area (Å²) >= 11 is 0.